The molecule has 0 aromatic rings. The first-order valence-corrected chi connectivity index (χ1v) is 9.11. The monoisotopic (exact) mass is 298 g/mol. The van der Waals surface area contributed by atoms with Gasteiger partial charge in [-0.3, -0.25) is 18.7 Å². The van der Waals surface area contributed by atoms with Gasteiger partial charge in [0.2, 0.25) is 11.8 Å². The summed E-state index contributed by atoms with van der Waals surface area (Å²) in [5.41, 5.74) is 0. The van der Waals surface area contributed by atoms with Crippen molar-refractivity contribution < 1.29 is 13.8 Å². The molecule has 0 spiro atoms. The SMILES string of the molecule is O=C1CC(NC2CCS(=O)CC2)C(=O)N1C1CCCC1. The number of likely N-dealkylation sites (tertiary alicyclic amines) is 1. The van der Waals surface area contributed by atoms with Gasteiger partial charge in [-0.05, 0) is 25.7 Å². The zero-order valence-corrected chi connectivity index (χ0v) is 12.5. The van der Waals surface area contributed by atoms with Gasteiger partial charge in [-0.15, -0.1) is 0 Å². The number of carbonyl (C=O) groups excluding carboxylic acids is 2. The van der Waals surface area contributed by atoms with Crippen LogP contribution in [-0.2, 0) is 20.4 Å². The minimum Gasteiger partial charge on any atom is -0.303 e. The fourth-order valence-corrected chi connectivity index (χ4v) is 4.87. The molecular formula is C14H22N2O3S. The normalized spacial score (nSPS) is 36.0. The van der Waals surface area contributed by atoms with Crippen molar-refractivity contribution >= 4 is 22.6 Å². The van der Waals surface area contributed by atoms with Crippen LogP contribution in [0.4, 0.5) is 0 Å². The summed E-state index contributed by atoms with van der Waals surface area (Å²) in [7, 11) is -0.691. The predicted molar refractivity (Wildman–Crippen MR) is 76.5 cm³/mol. The van der Waals surface area contributed by atoms with Crippen LogP contribution in [0.5, 0.6) is 0 Å². The second-order valence-electron chi connectivity index (χ2n) is 6.09. The van der Waals surface area contributed by atoms with Crippen LogP contribution in [0.1, 0.15) is 44.9 Å². The van der Waals surface area contributed by atoms with Gasteiger partial charge in [0.25, 0.3) is 0 Å². The number of carbonyl (C=O) groups is 2. The topological polar surface area (TPSA) is 66.5 Å². The molecule has 2 amide bonds. The van der Waals surface area contributed by atoms with Crippen molar-refractivity contribution in [3.63, 3.8) is 0 Å². The number of rotatable bonds is 3. The molecule has 2 heterocycles. The van der Waals surface area contributed by atoms with E-state index in [4.69, 9.17) is 0 Å². The molecular weight excluding hydrogens is 276 g/mol. The van der Waals surface area contributed by atoms with Crippen LogP contribution in [-0.4, -0.2) is 50.6 Å². The van der Waals surface area contributed by atoms with E-state index in [2.05, 4.69) is 5.32 Å². The van der Waals surface area contributed by atoms with Gasteiger partial charge in [-0.25, -0.2) is 0 Å². The molecule has 112 valence electrons. The van der Waals surface area contributed by atoms with Crippen molar-refractivity contribution in [2.75, 3.05) is 11.5 Å². The Kier molecular flexibility index (Phi) is 4.21. The largest absolute Gasteiger partial charge is 0.303 e. The molecule has 20 heavy (non-hydrogen) atoms. The molecule has 1 atom stereocenters. The Balaban J connectivity index is 1.59. The maximum atomic E-state index is 12.4. The minimum absolute atomic E-state index is 0.0150. The highest BCUT2D eigenvalue weighted by Crippen LogP contribution is 2.28. The summed E-state index contributed by atoms with van der Waals surface area (Å²) < 4.78 is 11.3. The van der Waals surface area contributed by atoms with E-state index in [-0.39, 0.29) is 29.9 Å². The van der Waals surface area contributed by atoms with Crippen LogP contribution in [0.2, 0.25) is 0 Å². The van der Waals surface area contributed by atoms with Crippen molar-refractivity contribution in [3.8, 4) is 0 Å². The Morgan fingerprint density at radius 1 is 1.05 bits per heavy atom. The lowest BCUT2D eigenvalue weighted by Gasteiger charge is -2.26. The molecule has 2 saturated heterocycles. The Bertz CT molecular complexity index is 424. The number of amides is 2. The number of nitrogens with one attached hydrogen (secondary N) is 1. The first-order valence-electron chi connectivity index (χ1n) is 7.62. The highest BCUT2D eigenvalue weighted by molar-refractivity contribution is 7.85. The number of imide groups is 1. The Labute approximate surface area is 121 Å². The highest BCUT2D eigenvalue weighted by Gasteiger charge is 2.43. The maximum absolute atomic E-state index is 12.4. The lowest BCUT2D eigenvalue weighted by Crippen LogP contribution is -2.47. The molecule has 6 heteroatoms. The third-order valence-corrected chi connectivity index (χ3v) is 6.08. The Hall–Kier alpha value is -0.750. The van der Waals surface area contributed by atoms with Crippen LogP contribution in [0.25, 0.3) is 0 Å². The summed E-state index contributed by atoms with van der Waals surface area (Å²) in [6.45, 7) is 0. The van der Waals surface area contributed by atoms with E-state index in [0.29, 0.717) is 17.9 Å². The average Bonchev–Trinajstić information content (AvgIpc) is 3.02. The van der Waals surface area contributed by atoms with Gasteiger partial charge >= 0.3 is 0 Å². The van der Waals surface area contributed by atoms with E-state index < -0.39 is 10.8 Å². The van der Waals surface area contributed by atoms with E-state index in [1.54, 1.807) is 0 Å². The summed E-state index contributed by atoms with van der Waals surface area (Å²) in [6.07, 6.45) is 6.15. The number of nitrogens with zero attached hydrogens (tertiary/aromatic N) is 1. The molecule has 1 N–H and O–H groups in total. The molecule has 3 fully saturated rings. The van der Waals surface area contributed by atoms with E-state index >= 15 is 0 Å². The minimum atomic E-state index is -0.691. The van der Waals surface area contributed by atoms with Crippen molar-refractivity contribution in [2.45, 2.75) is 63.1 Å². The summed E-state index contributed by atoms with van der Waals surface area (Å²) >= 11 is 0. The molecule has 0 aromatic carbocycles. The van der Waals surface area contributed by atoms with Gasteiger partial charge in [0.1, 0.15) is 0 Å². The van der Waals surface area contributed by atoms with Gasteiger partial charge in [-0.1, -0.05) is 12.8 Å². The molecule has 2 aliphatic heterocycles. The first kappa shape index (κ1) is 14.2. The van der Waals surface area contributed by atoms with Crippen LogP contribution >= 0.6 is 0 Å². The molecule has 1 aliphatic carbocycles. The molecule has 1 saturated carbocycles. The molecule has 0 aromatic heterocycles. The van der Waals surface area contributed by atoms with E-state index in [1.165, 1.54) is 4.90 Å². The van der Waals surface area contributed by atoms with E-state index in [9.17, 15) is 13.8 Å². The van der Waals surface area contributed by atoms with Crippen molar-refractivity contribution in [1.82, 2.24) is 10.2 Å². The van der Waals surface area contributed by atoms with Crippen LogP contribution in [0.3, 0.4) is 0 Å². The Morgan fingerprint density at radius 2 is 1.70 bits per heavy atom. The summed E-state index contributed by atoms with van der Waals surface area (Å²) in [5, 5.41) is 3.33. The fraction of sp³-hybridized carbons (Fsp3) is 0.857. The summed E-state index contributed by atoms with van der Waals surface area (Å²) in [6, 6.07) is 0.0262. The van der Waals surface area contributed by atoms with Gasteiger partial charge in [0.15, 0.2) is 0 Å². The molecule has 0 radical (unpaired) electrons. The highest BCUT2D eigenvalue weighted by atomic mass is 32.2. The van der Waals surface area contributed by atoms with Gasteiger partial charge in [-0.2, -0.15) is 0 Å². The Morgan fingerprint density at radius 3 is 2.35 bits per heavy atom. The lowest BCUT2D eigenvalue weighted by atomic mass is 10.1. The fourth-order valence-electron chi connectivity index (χ4n) is 3.57. The van der Waals surface area contributed by atoms with Crippen molar-refractivity contribution in [3.05, 3.63) is 0 Å². The second-order valence-corrected chi connectivity index (χ2v) is 7.78. The van der Waals surface area contributed by atoms with E-state index in [1.807, 2.05) is 0 Å². The quantitative estimate of drug-likeness (QED) is 0.773. The number of hydrogen-bond acceptors (Lipinski definition) is 4. The summed E-state index contributed by atoms with van der Waals surface area (Å²) in [4.78, 5) is 26.0. The molecule has 3 aliphatic rings. The van der Waals surface area contributed by atoms with Gasteiger partial charge in [0.05, 0.1) is 12.5 Å². The maximum Gasteiger partial charge on any atom is 0.247 e. The zero-order valence-electron chi connectivity index (χ0n) is 11.7. The van der Waals surface area contributed by atoms with Crippen LogP contribution in [0.15, 0.2) is 0 Å². The molecule has 1 unspecified atom stereocenters. The van der Waals surface area contributed by atoms with Crippen molar-refractivity contribution in [1.29, 1.82) is 0 Å². The third-order valence-electron chi connectivity index (χ3n) is 4.70. The lowest BCUT2D eigenvalue weighted by molar-refractivity contribution is -0.141. The first-order chi connectivity index (χ1) is 9.65. The summed E-state index contributed by atoms with van der Waals surface area (Å²) in [5.74, 6) is 1.37. The average molecular weight is 298 g/mol. The third kappa shape index (κ3) is 2.81. The zero-order chi connectivity index (χ0) is 14.1. The molecule has 0 bridgehead atoms. The smallest absolute Gasteiger partial charge is 0.247 e. The van der Waals surface area contributed by atoms with Gasteiger partial charge < -0.3 is 5.32 Å². The standard InChI is InChI=1S/C14H22N2O3S/c17-13-9-12(15-10-5-7-20(19)8-6-10)14(18)16(13)11-3-1-2-4-11/h10-12,15H,1-9H2. The number of hydrogen-bond donors (Lipinski definition) is 1. The second kappa shape index (κ2) is 5.93. The predicted octanol–water partition coefficient (Wildman–Crippen LogP) is 0.557. The van der Waals surface area contributed by atoms with Crippen LogP contribution in [0, 0.1) is 0 Å². The van der Waals surface area contributed by atoms with E-state index in [0.717, 1.165) is 38.5 Å². The van der Waals surface area contributed by atoms with Crippen molar-refractivity contribution in [2.24, 2.45) is 0 Å². The molecule has 5 nitrogen and oxygen atoms in total. The van der Waals surface area contributed by atoms with Gasteiger partial charge in [0, 0.05) is 34.4 Å². The van der Waals surface area contributed by atoms with Crippen LogP contribution < -0.4 is 5.32 Å². The molecule has 3 rings (SSSR count).